The van der Waals surface area contributed by atoms with Gasteiger partial charge in [0, 0.05) is 0 Å². The van der Waals surface area contributed by atoms with Crippen molar-refractivity contribution >= 4 is 17.6 Å². The summed E-state index contributed by atoms with van der Waals surface area (Å²) in [4.78, 5) is 10.6. The van der Waals surface area contributed by atoms with Gasteiger partial charge in [-0.3, -0.25) is 0 Å². The first-order chi connectivity index (χ1) is 7.27. The first kappa shape index (κ1) is 12.3. The molecule has 0 aliphatic rings. The van der Waals surface area contributed by atoms with Gasteiger partial charge in [0.1, 0.15) is 6.07 Å². The van der Waals surface area contributed by atoms with Crippen LogP contribution in [-0.2, 0) is 6.18 Å². The van der Waals surface area contributed by atoms with Crippen molar-refractivity contribution in [3.05, 3.63) is 33.8 Å². The highest BCUT2D eigenvalue weighted by atomic mass is 35.5. The smallest absolute Gasteiger partial charge is 0.417 e. The first-order valence-electron chi connectivity index (χ1n) is 3.81. The predicted octanol–water partition coefficient (Wildman–Crippen LogP) is 2.93. The molecule has 3 nitrogen and oxygen atoms in total. The minimum atomic E-state index is -4.84. The van der Waals surface area contributed by atoms with Crippen LogP contribution in [-0.4, -0.2) is 11.1 Å². The van der Waals surface area contributed by atoms with E-state index in [-0.39, 0.29) is 5.02 Å². The van der Waals surface area contributed by atoms with Crippen LogP contribution in [0.1, 0.15) is 21.5 Å². The molecule has 16 heavy (non-hydrogen) atoms. The number of carboxylic acid groups (broad SMARTS) is 1. The normalized spacial score (nSPS) is 10.9. The van der Waals surface area contributed by atoms with E-state index >= 15 is 0 Å². The zero-order valence-corrected chi connectivity index (χ0v) is 8.23. The van der Waals surface area contributed by atoms with E-state index in [4.69, 9.17) is 22.0 Å². The number of nitrogens with zero attached hydrogens (tertiary/aromatic N) is 1. The number of rotatable bonds is 1. The van der Waals surface area contributed by atoms with E-state index in [9.17, 15) is 18.0 Å². The van der Waals surface area contributed by atoms with Crippen molar-refractivity contribution in [2.75, 3.05) is 0 Å². The van der Waals surface area contributed by atoms with Crippen LogP contribution in [0.25, 0.3) is 0 Å². The first-order valence-corrected chi connectivity index (χ1v) is 4.19. The summed E-state index contributed by atoms with van der Waals surface area (Å²) < 4.78 is 37.3. The Morgan fingerprint density at radius 1 is 1.44 bits per heavy atom. The monoisotopic (exact) mass is 249 g/mol. The second-order valence-electron chi connectivity index (χ2n) is 2.79. The van der Waals surface area contributed by atoms with Crippen LogP contribution in [0, 0.1) is 11.3 Å². The number of nitriles is 1. The highest BCUT2D eigenvalue weighted by Crippen LogP contribution is 2.34. The summed E-state index contributed by atoms with van der Waals surface area (Å²) in [5, 5.41) is 16.7. The van der Waals surface area contributed by atoms with E-state index < -0.39 is 28.8 Å². The fourth-order valence-electron chi connectivity index (χ4n) is 1.07. The molecule has 0 heterocycles. The quantitative estimate of drug-likeness (QED) is 0.832. The Kier molecular flexibility index (Phi) is 3.10. The van der Waals surface area contributed by atoms with E-state index in [1.807, 2.05) is 0 Å². The zero-order valence-electron chi connectivity index (χ0n) is 7.47. The summed E-state index contributed by atoms with van der Waals surface area (Å²) in [5.41, 5.74) is -2.78. The maximum Gasteiger partial charge on any atom is 0.417 e. The SMILES string of the molecule is N#Cc1cc(C(F)(F)F)c(C(=O)O)cc1Cl. The van der Waals surface area contributed by atoms with Gasteiger partial charge in [0.15, 0.2) is 0 Å². The molecule has 0 aromatic heterocycles. The molecule has 0 radical (unpaired) electrons. The molecule has 0 spiro atoms. The van der Waals surface area contributed by atoms with E-state index in [1.165, 1.54) is 6.07 Å². The van der Waals surface area contributed by atoms with Crippen molar-refractivity contribution in [1.29, 1.82) is 5.26 Å². The maximum absolute atomic E-state index is 12.4. The molecule has 84 valence electrons. The molecule has 0 fully saturated rings. The molecule has 7 heteroatoms. The molecule has 1 aromatic rings. The number of benzene rings is 1. The average molecular weight is 250 g/mol. The molecule has 1 rings (SSSR count). The highest BCUT2D eigenvalue weighted by molar-refractivity contribution is 6.32. The molecule has 0 aliphatic heterocycles. The molecule has 0 bridgehead atoms. The molecule has 0 unspecified atom stereocenters. The van der Waals surface area contributed by atoms with E-state index in [2.05, 4.69) is 0 Å². The van der Waals surface area contributed by atoms with Gasteiger partial charge in [-0.2, -0.15) is 18.4 Å². The van der Waals surface area contributed by atoms with E-state index in [0.717, 1.165) is 0 Å². The third-order valence-electron chi connectivity index (χ3n) is 1.76. The molecular weight excluding hydrogens is 247 g/mol. The standard InChI is InChI=1S/C9H3ClF3NO2/c10-7-2-5(8(15)16)6(9(11,12)13)1-4(7)3-14/h1-2H,(H,15,16). The second kappa shape index (κ2) is 4.02. The Labute approximate surface area is 92.7 Å². The Balaban J connectivity index is 3.57. The molecule has 0 saturated heterocycles. The lowest BCUT2D eigenvalue weighted by atomic mass is 10.0. The van der Waals surface area contributed by atoms with Gasteiger partial charge in [-0.15, -0.1) is 0 Å². The summed E-state index contributed by atoms with van der Waals surface area (Å²) in [6, 6.07) is 2.49. The lowest BCUT2D eigenvalue weighted by molar-refractivity contribution is -0.138. The lowest BCUT2D eigenvalue weighted by Crippen LogP contribution is -2.13. The summed E-state index contributed by atoms with van der Waals surface area (Å²) in [6.07, 6.45) is -4.84. The molecule has 1 N–H and O–H groups in total. The van der Waals surface area contributed by atoms with Crippen LogP contribution in [0.4, 0.5) is 13.2 Å². The Morgan fingerprint density at radius 2 is 2.00 bits per heavy atom. The zero-order chi connectivity index (χ0) is 12.5. The number of halogens is 4. The number of aromatic carboxylic acids is 1. The van der Waals surface area contributed by atoms with Crippen LogP contribution in [0.15, 0.2) is 12.1 Å². The van der Waals surface area contributed by atoms with Crippen LogP contribution >= 0.6 is 11.6 Å². The van der Waals surface area contributed by atoms with Gasteiger partial charge in [0.2, 0.25) is 0 Å². The minimum absolute atomic E-state index is 0.326. The van der Waals surface area contributed by atoms with Crippen LogP contribution in [0.2, 0.25) is 5.02 Å². The molecule has 0 atom stereocenters. The van der Waals surface area contributed by atoms with Crippen LogP contribution in [0.5, 0.6) is 0 Å². The lowest BCUT2D eigenvalue weighted by Gasteiger charge is -2.11. The maximum atomic E-state index is 12.4. The van der Waals surface area contributed by atoms with Crippen molar-refractivity contribution in [2.24, 2.45) is 0 Å². The van der Waals surface area contributed by atoms with Gasteiger partial charge < -0.3 is 5.11 Å². The van der Waals surface area contributed by atoms with Crippen LogP contribution < -0.4 is 0 Å². The number of hydrogen-bond acceptors (Lipinski definition) is 2. The van der Waals surface area contributed by atoms with Crippen molar-refractivity contribution in [3.63, 3.8) is 0 Å². The average Bonchev–Trinajstić information content (AvgIpc) is 2.15. The van der Waals surface area contributed by atoms with E-state index in [0.29, 0.717) is 12.1 Å². The minimum Gasteiger partial charge on any atom is -0.478 e. The molecule has 0 aliphatic carbocycles. The van der Waals surface area contributed by atoms with E-state index in [1.54, 1.807) is 0 Å². The number of alkyl halides is 3. The molecule has 0 saturated carbocycles. The topological polar surface area (TPSA) is 61.1 Å². The molecular formula is C9H3ClF3NO2. The molecule has 0 amide bonds. The van der Waals surface area contributed by atoms with Gasteiger partial charge in [0.05, 0.1) is 21.7 Å². The van der Waals surface area contributed by atoms with Crippen molar-refractivity contribution in [1.82, 2.24) is 0 Å². The third-order valence-corrected chi connectivity index (χ3v) is 2.08. The summed E-state index contributed by atoms with van der Waals surface area (Å²) >= 11 is 5.44. The fraction of sp³-hybridized carbons (Fsp3) is 0.111. The summed E-state index contributed by atoms with van der Waals surface area (Å²) in [5.74, 6) is -1.75. The summed E-state index contributed by atoms with van der Waals surface area (Å²) in [7, 11) is 0. The third kappa shape index (κ3) is 2.25. The van der Waals surface area contributed by atoms with Gasteiger partial charge >= 0.3 is 12.1 Å². The van der Waals surface area contributed by atoms with Gasteiger partial charge in [-0.1, -0.05) is 11.6 Å². The van der Waals surface area contributed by atoms with Crippen LogP contribution in [0.3, 0.4) is 0 Å². The Bertz CT molecular complexity index is 491. The highest BCUT2D eigenvalue weighted by Gasteiger charge is 2.36. The second-order valence-corrected chi connectivity index (χ2v) is 3.20. The van der Waals surface area contributed by atoms with Crippen molar-refractivity contribution in [2.45, 2.75) is 6.18 Å². The number of hydrogen-bond donors (Lipinski definition) is 1. The Morgan fingerprint density at radius 3 is 2.38 bits per heavy atom. The van der Waals surface area contributed by atoms with Crippen molar-refractivity contribution in [3.8, 4) is 6.07 Å². The summed E-state index contributed by atoms with van der Waals surface area (Å²) in [6.45, 7) is 0. The Hall–Kier alpha value is -1.74. The van der Waals surface area contributed by atoms with Crippen molar-refractivity contribution < 1.29 is 23.1 Å². The predicted molar refractivity (Wildman–Crippen MR) is 48.1 cm³/mol. The number of carbonyl (C=O) groups is 1. The van der Waals surface area contributed by atoms with Gasteiger partial charge in [-0.25, -0.2) is 4.79 Å². The fourth-order valence-corrected chi connectivity index (χ4v) is 1.28. The van der Waals surface area contributed by atoms with Gasteiger partial charge in [-0.05, 0) is 12.1 Å². The largest absolute Gasteiger partial charge is 0.478 e. The number of carboxylic acids is 1. The molecule has 1 aromatic carbocycles. The van der Waals surface area contributed by atoms with Gasteiger partial charge in [0.25, 0.3) is 0 Å².